The highest BCUT2D eigenvalue weighted by Gasteiger charge is 2.30. The molecule has 6 nitrogen and oxygen atoms in total. The Morgan fingerprint density at radius 3 is 2.59 bits per heavy atom. The molecule has 1 aliphatic rings. The second-order valence-electron chi connectivity index (χ2n) is 5.20. The zero-order valence-corrected chi connectivity index (χ0v) is 10.4. The third-order valence-corrected chi connectivity index (χ3v) is 2.38. The Morgan fingerprint density at radius 2 is 2.06 bits per heavy atom. The molecule has 0 radical (unpaired) electrons. The summed E-state index contributed by atoms with van der Waals surface area (Å²) in [6.45, 7) is 5.26. The van der Waals surface area contributed by atoms with Crippen molar-refractivity contribution in [1.29, 1.82) is 0 Å². The quantitative estimate of drug-likeness (QED) is 0.545. The van der Waals surface area contributed by atoms with Gasteiger partial charge in [-0.25, -0.2) is 4.79 Å². The molecule has 98 valence electrons. The summed E-state index contributed by atoms with van der Waals surface area (Å²) < 4.78 is 5.07. The van der Waals surface area contributed by atoms with Crippen molar-refractivity contribution in [2.24, 2.45) is 5.73 Å². The monoisotopic (exact) mass is 244 g/mol. The third-order valence-electron chi connectivity index (χ3n) is 2.38. The topological polar surface area (TPSA) is 105 Å². The van der Waals surface area contributed by atoms with Gasteiger partial charge in [-0.05, 0) is 20.8 Å². The molecule has 0 unspecified atom stereocenters. The zero-order chi connectivity index (χ0) is 13.2. The van der Waals surface area contributed by atoms with Gasteiger partial charge in [0, 0.05) is 18.5 Å². The molecule has 0 fully saturated rings. The predicted molar refractivity (Wildman–Crippen MR) is 62.2 cm³/mol. The first-order chi connectivity index (χ1) is 7.69. The molecular formula is C11H20N2O4. The molecule has 0 spiro atoms. The number of ether oxygens (including phenoxy) is 1. The first-order valence-electron chi connectivity index (χ1n) is 5.53. The van der Waals surface area contributed by atoms with Crippen LogP contribution in [0.1, 0.15) is 33.6 Å². The van der Waals surface area contributed by atoms with Crippen molar-refractivity contribution < 1.29 is 19.7 Å². The van der Waals surface area contributed by atoms with Crippen LogP contribution < -0.4 is 11.1 Å². The van der Waals surface area contributed by atoms with E-state index in [1.807, 2.05) is 0 Å². The molecule has 6 heteroatoms. The van der Waals surface area contributed by atoms with Crippen LogP contribution in [0.2, 0.25) is 0 Å². The maximum Gasteiger partial charge on any atom is 0.407 e. The maximum atomic E-state index is 11.5. The first-order valence-corrected chi connectivity index (χ1v) is 5.53. The van der Waals surface area contributed by atoms with Crippen molar-refractivity contribution in [2.45, 2.75) is 51.4 Å². The maximum absolute atomic E-state index is 11.5. The Bertz CT molecular complexity index is 333. The zero-order valence-electron chi connectivity index (χ0n) is 10.4. The molecule has 0 aromatic heterocycles. The lowest BCUT2D eigenvalue weighted by atomic mass is 9.95. The molecule has 0 saturated carbocycles. The minimum absolute atomic E-state index is 0.0141. The molecule has 17 heavy (non-hydrogen) atoms. The van der Waals surface area contributed by atoms with Crippen LogP contribution in [-0.4, -0.2) is 34.1 Å². The average Bonchev–Trinajstić information content (AvgIpc) is 2.11. The largest absolute Gasteiger partial charge is 0.510 e. The summed E-state index contributed by atoms with van der Waals surface area (Å²) in [5.41, 5.74) is 5.26. The number of carbonyl (C=O) groups excluding carboxylic acids is 1. The number of amides is 1. The number of nitrogens with two attached hydrogens (primary N) is 1. The number of hydrogen-bond donors (Lipinski definition) is 4. The van der Waals surface area contributed by atoms with Gasteiger partial charge in [-0.2, -0.15) is 0 Å². The van der Waals surface area contributed by atoms with E-state index < -0.39 is 23.8 Å². The van der Waals surface area contributed by atoms with Gasteiger partial charge in [0.25, 0.3) is 0 Å². The fourth-order valence-corrected chi connectivity index (χ4v) is 1.57. The van der Waals surface area contributed by atoms with Gasteiger partial charge in [0.15, 0.2) is 0 Å². The molecule has 0 heterocycles. The van der Waals surface area contributed by atoms with Crippen molar-refractivity contribution in [3.8, 4) is 0 Å². The number of hydrogen-bond acceptors (Lipinski definition) is 5. The van der Waals surface area contributed by atoms with E-state index in [2.05, 4.69) is 5.32 Å². The minimum Gasteiger partial charge on any atom is -0.510 e. The van der Waals surface area contributed by atoms with Crippen LogP contribution >= 0.6 is 0 Å². The van der Waals surface area contributed by atoms with E-state index in [1.54, 1.807) is 20.8 Å². The summed E-state index contributed by atoms with van der Waals surface area (Å²) in [5.74, 6) is -0.0141. The Hall–Kier alpha value is -1.43. The first kappa shape index (κ1) is 13.6. The predicted octanol–water partition coefficient (Wildman–Crippen LogP) is 0.763. The van der Waals surface area contributed by atoms with Crippen molar-refractivity contribution in [3.63, 3.8) is 0 Å². The number of rotatable bonds is 1. The van der Waals surface area contributed by atoms with Gasteiger partial charge in [0.1, 0.15) is 11.4 Å². The van der Waals surface area contributed by atoms with Crippen LogP contribution in [0, 0.1) is 0 Å². The molecule has 5 N–H and O–H groups in total. The van der Waals surface area contributed by atoms with Crippen molar-refractivity contribution >= 4 is 6.09 Å². The van der Waals surface area contributed by atoms with Gasteiger partial charge >= 0.3 is 6.09 Å². The summed E-state index contributed by atoms with van der Waals surface area (Å²) in [6.07, 6.45) is -1.19. The van der Waals surface area contributed by atoms with E-state index in [4.69, 9.17) is 10.5 Å². The standard InChI is InChI=1S/C11H20N2O4/c1-11(2,3)17-10(16)13-7-4-6(12)8(14)5-9(7)15/h7,9,14-15H,4-5,12H2,1-3H3,(H,13,16)/t7-,9-/m1/s1. The summed E-state index contributed by atoms with van der Waals surface area (Å²) >= 11 is 0. The summed E-state index contributed by atoms with van der Waals surface area (Å²) in [5, 5.41) is 21.6. The lowest BCUT2D eigenvalue weighted by molar-refractivity contribution is 0.0392. The van der Waals surface area contributed by atoms with Crippen LogP contribution in [0.4, 0.5) is 4.79 Å². The summed E-state index contributed by atoms with van der Waals surface area (Å²) in [6, 6.07) is -0.527. The Labute approximate surface area is 100 Å². The Morgan fingerprint density at radius 1 is 1.47 bits per heavy atom. The normalized spacial score (nSPS) is 25.6. The van der Waals surface area contributed by atoms with Gasteiger partial charge in [-0.15, -0.1) is 0 Å². The lowest BCUT2D eigenvalue weighted by Gasteiger charge is -2.29. The highest BCUT2D eigenvalue weighted by atomic mass is 16.6. The lowest BCUT2D eigenvalue weighted by Crippen LogP contribution is -2.48. The molecule has 1 rings (SSSR count). The summed E-state index contributed by atoms with van der Waals surface area (Å²) in [4.78, 5) is 11.5. The highest BCUT2D eigenvalue weighted by molar-refractivity contribution is 5.68. The molecule has 2 atom stereocenters. The molecular weight excluding hydrogens is 224 g/mol. The number of aliphatic hydroxyl groups excluding tert-OH is 2. The van der Waals surface area contributed by atoms with Gasteiger partial charge in [-0.3, -0.25) is 0 Å². The smallest absolute Gasteiger partial charge is 0.407 e. The Kier molecular flexibility index (Phi) is 3.87. The van der Waals surface area contributed by atoms with Gasteiger partial charge in [-0.1, -0.05) is 0 Å². The van der Waals surface area contributed by atoms with E-state index in [1.165, 1.54) is 0 Å². The fraction of sp³-hybridized carbons (Fsp3) is 0.727. The van der Waals surface area contributed by atoms with E-state index in [9.17, 15) is 15.0 Å². The van der Waals surface area contributed by atoms with Crippen LogP contribution in [0.25, 0.3) is 0 Å². The third kappa shape index (κ3) is 4.14. The van der Waals surface area contributed by atoms with Crippen molar-refractivity contribution in [3.05, 3.63) is 11.5 Å². The minimum atomic E-state index is -0.852. The van der Waals surface area contributed by atoms with Crippen LogP contribution in [0.3, 0.4) is 0 Å². The number of aliphatic hydroxyl groups is 2. The van der Waals surface area contributed by atoms with E-state index >= 15 is 0 Å². The number of nitrogens with one attached hydrogen (secondary N) is 1. The second-order valence-corrected chi connectivity index (χ2v) is 5.20. The van der Waals surface area contributed by atoms with E-state index in [0.717, 1.165) is 0 Å². The van der Waals surface area contributed by atoms with Crippen molar-refractivity contribution in [1.82, 2.24) is 5.32 Å². The van der Waals surface area contributed by atoms with Crippen LogP contribution in [0.5, 0.6) is 0 Å². The highest BCUT2D eigenvalue weighted by Crippen LogP contribution is 2.21. The average molecular weight is 244 g/mol. The molecule has 1 amide bonds. The molecule has 1 aliphatic carbocycles. The second kappa shape index (κ2) is 4.83. The van der Waals surface area contributed by atoms with E-state index in [-0.39, 0.29) is 24.3 Å². The molecule has 0 bridgehead atoms. The summed E-state index contributed by atoms with van der Waals surface area (Å²) in [7, 11) is 0. The molecule has 0 aromatic carbocycles. The number of alkyl carbamates (subject to hydrolysis) is 1. The van der Waals surface area contributed by atoms with Gasteiger partial charge in [0.2, 0.25) is 0 Å². The SMILES string of the molecule is CC(C)(C)OC(=O)N[C@@H]1CC(N)=C(O)C[C@H]1O. The van der Waals surface area contributed by atoms with Gasteiger partial charge < -0.3 is 26.0 Å². The molecule has 0 aliphatic heterocycles. The van der Waals surface area contributed by atoms with Gasteiger partial charge in [0.05, 0.1) is 12.1 Å². The molecule has 0 aromatic rings. The fourth-order valence-electron chi connectivity index (χ4n) is 1.57. The molecule has 0 saturated heterocycles. The van der Waals surface area contributed by atoms with Crippen molar-refractivity contribution in [2.75, 3.05) is 0 Å². The van der Waals surface area contributed by atoms with Crippen LogP contribution in [-0.2, 0) is 4.74 Å². The van der Waals surface area contributed by atoms with Crippen LogP contribution in [0.15, 0.2) is 11.5 Å². The Balaban J connectivity index is 2.56. The number of carbonyl (C=O) groups is 1. The van der Waals surface area contributed by atoms with E-state index in [0.29, 0.717) is 0 Å².